The average molecular weight is 368 g/mol. The Labute approximate surface area is 145 Å². The Kier molecular flexibility index (Phi) is 5.33. The summed E-state index contributed by atoms with van der Waals surface area (Å²) in [7, 11) is 0. The number of ether oxygens (including phenoxy) is 1. The number of para-hydroxylation sites is 2. The SMILES string of the molecule is Brc1ccc(COc2ccccc2CNc2ccccc2)cc1. The molecule has 0 fully saturated rings. The van der Waals surface area contributed by atoms with E-state index in [-0.39, 0.29) is 0 Å². The van der Waals surface area contributed by atoms with Crippen LogP contribution in [0.3, 0.4) is 0 Å². The molecule has 0 aliphatic carbocycles. The second kappa shape index (κ2) is 7.84. The van der Waals surface area contributed by atoms with Crippen LogP contribution in [0.2, 0.25) is 0 Å². The van der Waals surface area contributed by atoms with Crippen molar-refractivity contribution in [3.63, 3.8) is 0 Å². The fraction of sp³-hybridized carbons (Fsp3) is 0.100. The topological polar surface area (TPSA) is 21.3 Å². The Balaban J connectivity index is 1.64. The molecule has 0 aromatic heterocycles. The van der Waals surface area contributed by atoms with Gasteiger partial charge in [-0.3, -0.25) is 0 Å². The molecule has 3 aromatic carbocycles. The molecule has 0 unspecified atom stereocenters. The Morgan fingerprint density at radius 2 is 1.48 bits per heavy atom. The van der Waals surface area contributed by atoms with Gasteiger partial charge in [0.15, 0.2) is 0 Å². The lowest BCUT2D eigenvalue weighted by Gasteiger charge is -2.13. The number of nitrogens with one attached hydrogen (secondary N) is 1. The first kappa shape index (κ1) is 15.6. The summed E-state index contributed by atoms with van der Waals surface area (Å²) in [4.78, 5) is 0. The lowest BCUT2D eigenvalue weighted by Crippen LogP contribution is -2.03. The Hall–Kier alpha value is -2.26. The molecule has 3 rings (SSSR count). The molecule has 0 saturated heterocycles. The highest BCUT2D eigenvalue weighted by atomic mass is 79.9. The van der Waals surface area contributed by atoms with E-state index in [0.29, 0.717) is 6.61 Å². The first-order chi connectivity index (χ1) is 11.3. The second-order valence-electron chi connectivity index (χ2n) is 5.24. The molecule has 0 bridgehead atoms. The monoisotopic (exact) mass is 367 g/mol. The van der Waals surface area contributed by atoms with Crippen molar-refractivity contribution in [3.05, 3.63) is 94.5 Å². The second-order valence-corrected chi connectivity index (χ2v) is 6.16. The normalized spacial score (nSPS) is 10.3. The number of halogens is 1. The molecule has 0 heterocycles. The van der Waals surface area contributed by atoms with Crippen molar-refractivity contribution < 1.29 is 4.74 Å². The van der Waals surface area contributed by atoms with Gasteiger partial charge in [0.05, 0.1) is 0 Å². The van der Waals surface area contributed by atoms with Crippen LogP contribution in [-0.4, -0.2) is 0 Å². The molecule has 0 aliphatic heterocycles. The quantitative estimate of drug-likeness (QED) is 0.608. The number of hydrogen-bond acceptors (Lipinski definition) is 2. The van der Waals surface area contributed by atoms with Crippen LogP contribution in [0, 0.1) is 0 Å². The van der Waals surface area contributed by atoms with Gasteiger partial charge in [0.1, 0.15) is 12.4 Å². The molecule has 0 spiro atoms. The summed E-state index contributed by atoms with van der Waals surface area (Å²) < 4.78 is 7.07. The standard InChI is InChI=1S/C20H18BrNO/c21-18-12-10-16(11-13-18)15-23-20-9-5-4-6-17(20)14-22-19-7-2-1-3-8-19/h1-13,22H,14-15H2. The van der Waals surface area contributed by atoms with E-state index in [4.69, 9.17) is 4.74 Å². The summed E-state index contributed by atoms with van der Waals surface area (Å²) in [5, 5.41) is 3.42. The molecule has 0 radical (unpaired) electrons. The third-order valence-electron chi connectivity index (χ3n) is 3.54. The van der Waals surface area contributed by atoms with Crippen molar-refractivity contribution in [2.75, 3.05) is 5.32 Å². The summed E-state index contributed by atoms with van der Waals surface area (Å²) in [6.07, 6.45) is 0. The molecule has 0 amide bonds. The fourth-order valence-electron chi connectivity index (χ4n) is 2.29. The average Bonchev–Trinajstić information content (AvgIpc) is 2.61. The highest BCUT2D eigenvalue weighted by Gasteiger charge is 2.03. The molecular formula is C20H18BrNO. The minimum atomic E-state index is 0.565. The molecule has 3 heteroatoms. The number of benzene rings is 3. The molecule has 0 aliphatic rings. The van der Waals surface area contributed by atoms with Gasteiger partial charge < -0.3 is 10.1 Å². The highest BCUT2D eigenvalue weighted by Crippen LogP contribution is 2.21. The van der Waals surface area contributed by atoms with Crippen LogP contribution in [0.5, 0.6) is 5.75 Å². The lowest BCUT2D eigenvalue weighted by atomic mass is 10.2. The molecule has 3 aromatic rings. The van der Waals surface area contributed by atoms with Crippen LogP contribution in [0.25, 0.3) is 0 Å². The summed E-state index contributed by atoms with van der Waals surface area (Å²) in [5.41, 5.74) is 3.41. The van der Waals surface area contributed by atoms with Crippen LogP contribution in [0.15, 0.2) is 83.3 Å². The van der Waals surface area contributed by atoms with Crippen molar-refractivity contribution in [1.29, 1.82) is 0 Å². The summed E-state index contributed by atoms with van der Waals surface area (Å²) in [6.45, 7) is 1.30. The van der Waals surface area contributed by atoms with Crippen molar-refractivity contribution in [3.8, 4) is 5.75 Å². The van der Waals surface area contributed by atoms with Gasteiger partial charge in [-0.15, -0.1) is 0 Å². The van der Waals surface area contributed by atoms with Crippen LogP contribution < -0.4 is 10.1 Å². The third kappa shape index (κ3) is 4.60. The first-order valence-corrected chi connectivity index (χ1v) is 8.34. The summed E-state index contributed by atoms with van der Waals surface area (Å²) in [5.74, 6) is 0.916. The summed E-state index contributed by atoms with van der Waals surface area (Å²) >= 11 is 3.45. The Morgan fingerprint density at radius 1 is 0.783 bits per heavy atom. The van der Waals surface area contributed by atoms with Crippen LogP contribution in [0.1, 0.15) is 11.1 Å². The maximum absolute atomic E-state index is 6.00. The van der Waals surface area contributed by atoms with Crippen molar-refractivity contribution in [2.45, 2.75) is 13.2 Å². The maximum atomic E-state index is 6.00. The van der Waals surface area contributed by atoms with Gasteiger partial charge in [-0.2, -0.15) is 0 Å². The van der Waals surface area contributed by atoms with Gasteiger partial charge in [-0.25, -0.2) is 0 Å². The predicted molar refractivity (Wildman–Crippen MR) is 98.7 cm³/mol. The van der Waals surface area contributed by atoms with E-state index in [2.05, 4.69) is 51.6 Å². The summed E-state index contributed by atoms with van der Waals surface area (Å²) in [6, 6.07) is 26.5. The number of hydrogen-bond donors (Lipinski definition) is 1. The molecule has 1 N–H and O–H groups in total. The van der Waals surface area contributed by atoms with E-state index in [0.717, 1.165) is 33.6 Å². The van der Waals surface area contributed by atoms with E-state index in [9.17, 15) is 0 Å². The fourth-order valence-corrected chi connectivity index (χ4v) is 2.55. The zero-order chi connectivity index (χ0) is 15.9. The number of anilines is 1. The van der Waals surface area contributed by atoms with Gasteiger partial charge in [-0.1, -0.05) is 64.5 Å². The number of rotatable bonds is 6. The van der Waals surface area contributed by atoms with Crippen LogP contribution in [-0.2, 0) is 13.2 Å². The van der Waals surface area contributed by atoms with Crippen molar-refractivity contribution >= 4 is 21.6 Å². The van der Waals surface area contributed by atoms with Crippen molar-refractivity contribution in [2.24, 2.45) is 0 Å². The van der Waals surface area contributed by atoms with E-state index < -0.39 is 0 Å². The molecule has 0 atom stereocenters. The first-order valence-electron chi connectivity index (χ1n) is 7.55. The van der Waals surface area contributed by atoms with Gasteiger partial charge in [0.25, 0.3) is 0 Å². The molecular weight excluding hydrogens is 350 g/mol. The third-order valence-corrected chi connectivity index (χ3v) is 4.07. The van der Waals surface area contributed by atoms with Gasteiger partial charge in [0, 0.05) is 22.3 Å². The predicted octanol–water partition coefficient (Wildman–Crippen LogP) is 5.64. The zero-order valence-electron chi connectivity index (χ0n) is 12.7. The largest absolute Gasteiger partial charge is 0.489 e. The minimum Gasteiger partial charge on any atom is -0.489 e. The van der Waals surface area contributed by atoms with E-state index in [1.54, 1.807) is 0 Å². The smallest absolute Gasteiger partial charge is 0.124 e. The molecule has 0 saturated carbocycles. The van der Waals surface area contributed by atoms with Crippen molar-refractivity contribution in [1.82, 2.24) is 0 Å². The van der Waals surface area contributed by atoms with Gasteiger partial charge in [-0.05, 0) is 35.9 Å². The highest BCUT2D eigenvalue weighted by molar-refractivity contribution is 9.10. The molecule has 116 valence electrons. The van der Waals surface area contributed by atoms with E-state index >= 15 is 0 Å². The molecule has 23 heavy (non-hydrogen) atoms. The van der Waals surface area contributed by atoms with Crippen LogP contribution in [0.4, 0.5) is 5.69 Å². The minimum absolute atomic E-state index is 0.565. The maximum Gasteiger partial charge on any atom is 0.124 e. The van der Waals surface area contributed by atoms with Crippen LogP contribution >= 0.6 is 15.9 Å². The zero-order valence-corrected chi connectivity index (χ0v) is 14.3. The van der Waals surface area contributed by atoms with E-state index in [1.165, 1.54) is 0 Å². The lowest BCUT2D eigenvalue weighted by molar-refractivity contribution is 0.303. The molecule has 2 nitrogen and oxygen atoms in total. The Bertz CT molecular complexity index is 741. The Morgan fingerprint density at radius 3 is 2.26 bits per heavy atom. The van der Waals surface area contributed by atoms with Gasteiger partial charge >= 0.3 is 0 Å². The van der Waals surface area contributed by atoms with Gasteiger partial charge in [0.2, 0.25) is 0 Å². The van der Waals surface area contributed by atoms with E-state index in [1.807, 2.05) is 48.5 Å².